The summed E-state index contributed by atoms with van der Waals surface area (Å²) in [6.07, 6.45) is 0. The van der Waals surface area contributed by atoms with Crippen LogP contribution in [0.25, 0.3) is 11.3 Å². The highest BCUT2D eigenvalue weighted by Crippen LogP contribution is 2.28. The van der Waals surface area contributed by atoms with Crippen LogP contribution >= 0.6 is 22.9 Å². The molecule has 0 saturated carbocycles. The summed E-state index contributed by atoms with van der Waals surface area (Å²) in [5, 5.41) is 6.56. The number of nitrogens with one attached hydrogen (secondary N) is 1. The Morgan fingerprint density at radius 3 is 2.45 bits per heavy atom. The summed E-state index contributed by atoms with van der Waals surface area (Å²) in [5.41, 5.74) is 2.60. The van der Waals surface area contributed by atoms with E-state index in [0.717, 1.165) is 42.6 Å². The van der Waals surface area contributed by atoms with Gasteiger partial charge in [-0.2, -0.15) is 0 Å². The van der Waals surface area contributed by atoms with Crippen LogP contribution in [-0.2, 0) is 4.79 Å². The molecule has 0 unspecified atom stereocenters. The molecule has 2 heterocycles. The van der Waals surface area contributed by atoms with Crippen molar-refractivity contribution in [2.75, 3.05) is 42.9 Å². The van der Waals surface area contributed by atoms with Gasteiger partial charge in [-0.3, -0.25) is 9.69 Å². The number of rotatable bonds is 5. The number of anilines is 2. The number of carbonyl (C=O) groups is 1. The molecule has 1 aromatic heterocycles. The van der Waals surface area contributed by atoms with E-state index in [4.69, 9.17) is 16.6 Å². The quantitative estimate of drug-likeness (QED) is 0.653. The summed E-state index contributed by atoms with van der Waals surface area (Å²) in [5.74, 6) is -0.412. The molecule has 5 nitrogen and oxygen atoms in total. The molecular weight excluding hydrogens is 411 g/mol. The first-order chi connectivity index (χ1) is 14.1. The predicted octanol–water partition coefficient (Wildman–Crippen LogP) is 4.36. The molecule has 1 saturated heterocycles. The second kappa shape index (κ2) is 8.90. The van der Waals surface area contributed by atoms with Crippen LogP contribution in [0.4, 0.5) is 15.2 Å². The van der Waals surface area contributed by atoms with E-state index in [9.17, 15) is 9.18 Å². The Balaban J connectivity index is 1.28. The number of amides is 1. The van der Waals surface area contributed by atoms with Crippen LogP contribution < -0.4 is 10.2 Å². The summed E-state index contributed by atoms with van der Waals surface area (Å²) >= 11 is 7.58. The molecule has 0 radical (unpaired) electrons. The van der Waals surface area contributed by atoms with Gasteiger partial charge in [0.25, 0.3) is 0 Å². The zero-order valence-corrected chi connectivity index (χ0v) is 17.2. The Kier molecular flexibility index (Phi) is 6.08. The summed E-state index contributed by atoms with van der Waals surface area (Å²) in [4.78, 5) is 21.3. The normalized spacial score (nSPS) is 14.8. The molecule has 2 aromatic carbocycles. The van der Waals surface area contributed by atoms with Crippen LogP contribution in [0.15, 0.2) is 53.9 Å². The molecule has 0 atom stereocenters. The maximum Gasteiger partial charge on any atom is 0.238 e. The first-order valence-corrected chi connectivity index (χ1v) is 10.6. The van der Waals surface area contributed by atoms with Crippen molar-refractivity contribution in [1.82, 2.24) is 9.88 Å². The van der Waals surface area contributed by atoms with Gasteiger partial charge in [-0.25, -0.2) is 9.37 Å². The van der Waals surface area contributed by atoms with Gasteiger partial charge in [0.05, 0.1) is 12.2 Å². The smallest absolute Gasteiger partial charge is 0.238 e. The summed E-state index contributed by atoms with van der Waals surface area (Å²) in [6.45, 7) is 3.52. The first kappa shape index (κ1) is 19.8. The fourth-order valence-electron chi connectivity index (χ4n) is 3.20. The Morgan fingerprint density at radius 2 is 1.76 bits per heavy atom. The van der Waals surface area contributed by atoms with Gasteiger partial charge in [0.2, 0.25) is 5.91 Å². The van der Waals surface area contributed by atoms with Gasteiger partial charge in [0.15, 0.2) is 5.13 Å². The van der Waals surface area contributed by atoms with Crippen LogP contribution in [0.3, 0.4) is 0 Å². The Bertz CT molecular complexity index is 969. The van der Waals surface area contributed by atoms with Crippen LogP contribution in [0, 0.1) is 5.82 Å². The molecule has 8 heteroatoms. The average molecular weight is 431 g/mol. The molecule has 3 aromatic rings. The lowest BCUT2D eigenvalue weighted by Crippen LogP contribution is -2.48. The van der Waals surface area contributed by atoms with Crippen molar-refractivity contribution in [1.29, 1.82) is 0 Å². The van der Waals surface area contributed by atoms with Crippen molar-refractivity contribution in [3.8, 4) is 11.3 Å². The zero-order chi connectivity index (χ0) is 20.2. The Morgan fingerprint density at radius 1 is 1.07 bits per heavy atom. The van der Waals surface area contributed by atoms with Crippen LogP contribution in [0.1, 0.15) is 0 Å². The second-order valence-corrected chi connectivity index (χ2v) is 8.11. The summed E-state index contributed by atoms with van der Waals surface area (Å²) < 4.78 is 13.0. The maximum atomic E-state index is 13.0. The van der Waals surface area contributed by atoms with E-state index in [1.165, 1.54) is 12.1 Å². The SMILES string of the molecule is O=C(CN1CCN(c2nc(-c3ccc(Cl)cc3)cs2)CC1)Nc1ccc(F)cc1. The number of hydrogen-bond acceptors (Lipinski definition) is 5. The van der Waals surface area contributed by atoms with Crippen molar-refractivity contribution < 1.29 is 9.18 Å². The van der Waals surface area contributed by atoms with E-state index in [2.05, 4.69) is 20.5 Å². The van der Waals surface area contributed by atoms with Gasteiger partial charge in [0, 0.05) is 47.8 Å². The lowest BCUT2D eigenvalue weighted by molar-refractivity contribution is -0.117. The highest BCUT2D eigenvalue weighted by atomic mass is 35.5. The average Bonchev–Trinajstić information content (AvgIpc) is 3.21. The Hall–Kier alpha value is -2.48. The molecule has 1 fully saturated rings. The minimum absolute atomic E-state index is 0.0932. The predicted molar refractivity (Wildman–Crippen MR) is 116 cm³/mol. The van der Waals surface area contributed by atoms with Gasteiger partial charge < -0.3 is 10.2 Å². The molecule has 4 rings (SSSR count). The minimum Gasteiger partial charge on any atom is -0.346 e. The van der Waals surface area contributed by atoms with Gasteiger partial charge in [0.1, 0.15) is 5.82 Å². The van der Waals surface area contributed by atoms with Crippen LogP contribution in [0.2, 0.25) is 5.02 Å². The van der Waals surface area contributed by atoms with Crippen LogP contribution in [0.5, 0.6) is 0 Å². The van der Waals surface area contributed by atoms with E-state index in [0.29, 0.717) is 17.3 Å². The standard InChI is InChI=1S/C21H20ClFN4OS/c22-16-3-1-15(2-4-16)19-14-29-21(25-19)27-11-9-26(10-12-27)13-20(28)24-18-7-5-17(23)6-8-18/h1-8,14H,9-13H2,(H,24,28). The third-order valence-corrected chi connectivity index (χ3v) is 5.92. The lowest BCUT2D eigenvalue weighted by atomic mass is 10.2. The number of benzene rings is 2. The lowest BCUT2D eigenvalue weighted by Gasteiger charge is -2.34. The molecule has 1 amide bonds. The molecular formula is C21H20ClFN4OS. The molecule has 0 bridgehead atoms. The van der Waals surface area contributed by atoms with Crippen molar-refractivity contribution in [2.24, 2.45) is 0 Å². The van der Waals surface area contributed by atoms with Gasteiger partial charge in [-0.05, 0) is 36.4 Å². The number of piperazine rings is 1. The van der Waals surface area contributed by atoms with Gasteiger partial charge in [-0.1, -0.05) is 23.7 Å². The minimum atomic E-state index is -0.319. The fraction of sp³-hybridized carbons (Fsp3) is 0.238. The molecule has 0 aliphatic carbocycles. The van der Waals surface area contributed by atoms with Crippen molar-refractivity contribution in [3.63, 3.8) is 0 Å². The highest BCUT2D eigenvalue weighted by molar-refractivity contribution is 7.14. The molecule has 1 aliphatic rings. The van der Waals surface area contributed by atoms with Crippen molar-refractivity contribution in [3.05, 3.63) is 64.8 Å². The summed E-state index contributed by atoms with van der Waals surface area (Å²) in [6, 6.07) is 13.5. The number of nitrogens with zero attached hydrogens (tertiary/aromatic N) is 3. The maximum absolute atomic E-state index is 13.0. The van der Waals surface area contributed by atoms with E-state index in [1.54, 1.807) is 23.5 Å². The second-order valence-electron chi connectivity index (χ2n) is 6.84. The fourth-order valence-corrected chi connectivity index (χ4v) is 4.21. The monoisotopic (exact) mass is 430 g/mol. The van der Waals surface area contributed by atoms with Gasteiger partial charge >= 0.3 is 0 Å². The number of halogens is 2. The zero-order valence-electron chi connectivity index (χ0n) is 15.6. The topological polar surface area (TPSA) is 48.5 Å². The number of aromatic nitrogens is 1. The largest absolute Gasteiger partial charge is 0.346 e. The third-order valence-electron chi connectivity index (χ3n) is 4.77. The highest BCUT2D eigenvalue weighted by Gasteiger charge is 2.21. The van der Waals surface area contributed by atoms with Gasteiger partial charge in [-0.15, -0.1) is 11.3 Å². The molecule has 1 N–H and O–H groups in total. The van der Waals surface area contributed by atoms with E-state index in [1.807, 2.05) is 24.3 Å². The number of hydrogen-bond donors (Lipinski definition) is 1. The number of carbonyl (C=O) groups excluding carboxylic acids is 1. The van der Waals surface area contributed by atoms with E-state index >= 15 is 0 Å². The van der Waals surface area contributed by atoms with Crippen LogP contribution in [-0.4, -0.2) is 48.5 Å². The molecule has 1 aliphatic heterocycles. The number of thiazole rings is 1. The first-order valence-electron chi connectivity index (χ1n) is 9.31. The van der Waals surface area contributed by atoms with E-state index in [-0.39, 0.29) is 11.7 Å². The third kappa shape index (κ3) is 5.12. The molecule has 29 heavy (non-hydrogen) atoms. The molecule has 0 spiro atoms. The van der Waals surface area contributed by atoms with E-state index < -0.39 is 0 Å². The van der Waals surface area contributed by atoms with Crippen molar-refractivity contribution in [2.45, 2.75) is 0 Å². The van der Waals surface area contributed by atoms with Crippen molar-refractivity contribution >= 4 is 39.7 Å². The Labute approximate surface area is 177 Å². The molecule has 150 valence electrons. The summed E-state index contributed by atoms with van der Waals surface area (Å²) in [7, 11) is 0.